The van der Waals surface area contributed by atoms with E-state index in [0.29, 0.717) is 11.8 Å². The molecule has 2 saturated heterocycles. The van der Waals surface area contributed by atoms with E-state index < -0.39 is 0 Å². The van der Waals surface area contributed by atoms with Gasteiger partial charge < -0.3 is 19.5 Å². The van der Waals surface area contributed by atoms with Crippen LogP contribution in [0.1, 0.15) is 37.9 Å². The van der Waals surface area contributed by atoms with Crippen LogP contribution in [-0.4, -0.2) is 60.5 Å². The first-order chi connectivity index (χ1) is 10.8. The van der Waals surface area contributed by atoms with E-state index in [1.54, 1.807) is 0 Å². The maximum atomic E-state index is 5.68. The minimum absolute atomic E-state index is 0.166. The molecule has 124 valence electrons. The molecule has 0 aromatic carbocycles. The van der Waals surface area contributed by atoms with Gasteiger partial charge in [0, 0.05) is 19.5 Å². The zero-order valence-electron chi connectivity index (χ0n) is 13.6. The Balaban J connectivity index is 1.43. The molecule has 3 rings (SSSR count). The smallest absolute Gasteiger partial charge is 0.229 e. The number of aromatic nitrogens is 2. The monoisotopic (exact) mass is 308 g/mol. The summed E-state index contributed by atoms with van der Waals surface area (Å²) in [5.74, 6) is 2.28. The highest BCUT2D eigenvalue weighted by Crippen LogP contribution is 2.21. The summed E-state index contributed by atoms with van der Waals surface area (Å²) in [6, 6.07) is 0. The average molecular weight is 308 g/mol. The predicted octanol–water partition coefficient (Wildman–Crippen LogP) is 1.27. The van der Waals surface area contributed by atoms with E-state index in [-0.39, 0.29) is 6.10 Å². The second kappa shape index (κ2) is 8.04. The third-order valence-electron chi connectivity index (χ3n) is 4.64. The maximum absolute atomic E-state index is 5.68. The highest BCUT2D eigenvalue weighted by molar-refractivity contribution is 4.92. The number of likely N-dealkylation sites (tertiary alicyclic amines) is 1. The normalized spacial score (nSPS) is 24.7. The van der Waals surface area contributed by atoms with Crippen molar-refractivity contribution in [3.63, 3.8) is 0 Å². The van der Waals surface area contributed by atoms with Gasteiger partial charge in [-0.25, -0.2) is 0 Å². The number of nitrogens with zero attached hydrogens (tertiary/aromatic N) is 3. The number of rotatable bonds is 6. The van der Waals surface area contributed by atoms with Crippen LogP contribution in [0.3, 0.4) is 0 Å². The van der Waals surface area contributed by atoms with Crippen LogP contribution < -0.4 is 5.32 Å². The molecule has 1 N–H and O–H groups in total. The molecule has 2 fully saturated rings. The molecule has 1 atom stereocenters. The Morgan fingerprint density at radius 3 is 2.86 bits per heavy atom. The Bertz CT molecular complexity index is 437. The number of piperidine rings is 1. The predicted molar refractivity (Wildman–Crippen MR) is 83.8 cm³/mol. The third kappa shape index (κ3) is 4.51. The zero-order valence-corrected chi connectivity index (χ0v) is 13.6. The Hall–Kier alpha value is -0.980. The van der Waals surface area contributed by atoms with Crippen LogP contribution in [0.2, 0.25) is 0 Å². The van der Waals surface area contributed by atoms with E-state index in [2.05, 4.69) is 27.3 Å². The van der Waals surface area contributed by atoms with Crippen molar-refractivity contribution in [1.29, 1.82) is 0 Å². The molecular weight excluding hydrogens is 280 g/mol. The van der Waals surface area contributed by atoms with Gasteiger partial charge in [0.25, 0.3) is 0 Å². The van der Waals surface area contributed by atoms with E-state index in [1.165, 1.54) is 38.9 Å². The molecule has 0 bridgehead atoms. The minimum atomic E-state index is 0.166. The lowest BCUT2D eigenvalue weighted by molar-refractivity contribution is 0.0246. The summed E-state index contributed by atoms with van der Waals surface area (Å²) >= 11 is 0. The largest absolute Gasteiger partial charge is 0.375 e. The summed E-state index contributed by atoms with van der Waals surface area (Å²) < 4.78 is 11.1. The van der Waals surface area contributed by atoms with E-state index in [9.17, 15) is 0 Å². The average Bonchev–Trinajstić information content (AvgIpc) is 2.98. The van der Waals surface area contributed by atoms with E-state index >= 15 is 0 Å². The molecule has 0 saturated carbocycles. The van der Waals surface area contributed by atoms with Gasteiger partial charge in [-0.15, -0.1) is 0 Å². The maximum Gasteiger partial charge on any atom is 0.229 e. The first kappa shape index (κ1) is 15.9. The zero-order chi connectivity index (χ0) is 15.2. The van der Waals surface area contributed by atoms with Crippen molar-refractivity contribution in [1.82, 2.24) is 20.4 Å². The molecule has 0 spiro atoms. The summed E-state index contributed by atoms with van der Waals surface area (Å²) in [6.45, 7) is 8.47. The van der Waals surface area contributed by atoms with Crippen LogP contribution in [0.5, 0.6) is 0 Å². The van der Waals surface area contributed by atoms with E-state index in [0.717, 1.165) is 38.4 Å². The lowest BCUT2D eigenvalue weighted by Crippen LogP contribution is -2.39. The van der Waals surface area contributed by atoms with Gasteiger partial charge in [0.1, 0.15) is 0 Å². The summed E-state index contributed by atoms with van der Waals surface area (Å²) in [5.41, 5.74) is 0. The fourth-order valence-corrected chi connectivity index (χ4v) is 3.39. The standard InChI is InChI=1S/C16H28N4O2/c1-2-6-20-7-3-13(4-8-20)10-15-18-16(22-19-15)11-14-12-17-5-9-21-14/h13-14,17H,2-12H2,1H3/t14-/m1/s1. The van der Waals surface area contributed by atoms with Gasteiger partial charge in [-0.2, -0.15) is 4.98 Å². The van der Waals surface area contributed by atoms with Crippen molar-refractivity contribution in [2.45, 2.75) is 45.1 Å². The highest BCUT2D eigenvalue weighted by atomic mass is 16.5. The highest BCUT2D eigenvalue weighted by Gasteiger charge is 2.22. The van der Waals surface area contributed by atoms with E-state index in [1.807, 2.05) is 0 Å². The Labute approximate surface area is 132 Å². The Morgan fingerprint density at radius 1 is 1.27 bits per heavy atom. The summed E-state index contributed by atoms with van der Waals surface area (Å²) in [4.78, 5) is 7.12. The van der Waals surface area contributed by atoms with Crippen molar-refractivity contribution in [2.24, 2.45) is 5.92 Å². The van der Waals surface area contributed by atoms with Crippen LogP contribution in [0, 0.1) is 5.92 Å². The van der Waals surface area contributed by atoms with Crippen LogP contribution in [0.25, 0.3) is 0 Å². The van der Waals surface area contributed by atoms with Gasteiger partial charge in [-0.3, -0.25) is 0 Å². The van der Waals surface area contributed by atoms with Crippen molar-refractivity contribution in [3.05, 3.63) is 11.7 Å². The fraction of sp³-hybridized carbons (Fsp3) is 0.875. The molecule has 1 aromatic heterocycles. The molecule has 2 aliphatic rings. The topological polar surface area (TPSA) is 63.4 Å². The van der Waals surface area contributed by atoms with Gasteiger partial charge >= 0.3 is 0 Å². The minimum Gasteiger partial charge on any atom is -0.375 e. The van der Waals surface area contributed by atoms with Crippen LogP contribution in [0.15, 0.2) is 4.52 Å². The SMILES string of the molecule is CCCN1CCC(Cc2noc(C[C@@H]3CNCCO3)n2)CC1. The van der Waals surface area contributed by atoms with Crippen LogP contribution in [0.4, 0.5) is 0 Å². The van der Waals surface area contributed by atoms with Gasteiger partial charge in [0.15, 0.2) is 5.82 Å². The number of ether oxygens (including phenoxy) is 1. The Morgan fingerprint density at radius 2 is 2.14 bits per heavy atom. The van der Waals surface area contributed by atoms with Gasteiger partial charge in [0.05, 0.1) is 19.1 Å². The summed E-state index contributed by atoms with van der Waals surface area (Å²) in [5, 5.41) is 7.48. The molecule has 6 nitrogen and oxygen atoms in total. The number of hydrogen-bond donors (Lipinski definition) is 1. The summed E-state index contributed by atoms with van der Waals surface area (Å²) in [6.07, 6.45) is 5.58. The van der Waals surface area contributed by atoms with Crippen LogP contribution in [-0.2, 0) is 17.6 Å². The quantitative estimate of drug-likeness (QED) is 0.854. The molecule has 2 aliphatic heterocycles. The van der Waals surface area contributed by atoms with Crippen molar-refractivity contribution < 1.29 is 9.26 Å². The second-order valence-electron chi connectivity index (χ2n) is 6.49. The molecule has 22 heavy (non-hydrogen) atoms. The lowest BCUT2D eigenvalue weighted by atomic mass is 9.93. The number of morpholine rings is 1. The third-order valence-corrected chi connectivity index (χ3v) is 4.64. The fourth-order valence-electron chi connectivity index (χ4n) is 3.39. The van der Waals surface area contributed by atoms with Crippen molar-refractivity contribution in [3.8, 4) is 0 Å². The van der Waals surface area contributed by atoms with Crippen molar-refractivity contribution >= 4 is 0 Å². The molecule has 3 heterocycles. The van der Waals surface area contributed by atoms with Crippen molar-refractivity contribution in [2.75, 3.05) is 39.3 Å². The first-order valence-corrected chi connectivity index (χ1v) is 8.69. The van der Waals surface area contributed by atoms with Gasteiger partial charge in [-0.05, 0) is 44.8 Å². The molecule has 0 amide bonds. The first-order valence-electron chi connectivity index (χ1n) is 8.69. The molecule has 0 aliphatic carbocycles. The molecule has 0 unspecified atom stereocenters. The molecule has 0 radical (unpaired) electrons. The van der Waals surface area contributed by atoms with E-state index in [4.69, 9.17) is 9.26 Å². The lowest BCUT2D eigenvalue weighted by Gasteiger charge is -2.31. The van der Waals surface area contributed by atoms with Crippen LogP contribution >= 0.6 is 0 Å². The molecule has 1 aromatic rings. The molecule has 6 heteroatoms. The number of nitrogens with one attached hydrogen (secondary N) is 1. The molecular formula is C16H28N4O2. The number of hydrogen-bond acceptors (Lipinski definition) is 6. The van der Waals surface area contributed by atoms with Gasteiger partial charge in [-0.1, -0.05) is 12.1 Å². The Kier molecular flexibility index (Phi) is 5.81. The summed E-state index contributed by atoms with van der Waals surface area (Å²) in [7, 11) is 0. The van der Waals surface area contributed by atoms with Gasteiger partial charge in [0.2, 0.25) is 5.89 Å². The second-order valence-corrected chi connectivity index (χ2v) is 6.49.